The topological polar surface area (TPSA) is 138 Å². The second kappa shape index (κ2) is 21.7. The summed E-state index contributed by atoms with van der Waals surface area (Å²) < 4.78 is 11.4. The van der Waals surface area contributed by atoms with Gasteiger partial charge in [-0.05, 0) is 11.1 Å². The Morgan fingerprint density at radius 1 is 0.535 bits per heavy atom. The number of rotatable bonds is 16. The van der Waals surface area contributed by atoms with Crippen molar-refractivity contribution in [3.63, 3.8) is 0 Å². The highest BCUT2D eigenvalue weighted by molar-refractivity contribution is 5.67. The standard InChI is InChI=1S/2C16H24N2O3.H2O/c2*19-16(20)6-7-17-8-10-18(11-9-17)12-13-21-14-15-4-2-1-3-5-15;/h2*1-5H,6-14H2,(H,19,20);1H2. The molecule has 11 heteroatoms. The molecule has 2 aromatic rings. The van der Waals surface area contributed by atoms with E-state index in [1.807, 2.05) is 36.4 Å². The van der Waals surface area contributed by atoms with Crippen molar-refractivity contribution in [2.45, 2.75) is 26.1 Å². The van der Waals surface area contributed by atoms with Crippen LogP contribution in [0.5, 0.6) is 0 Å². The Hall–Kier alpha value is -2.90. The highest BCUT2D eigenvalue weighted by Crippen LogP contribution is 2.06. The zero-order chi connectivity index (χ0) is 29.8. The van der Waals surface area contributed by atoms with Crippen LogP contribution in [0, 0.1) is 0 Å². The van der Waals surface area contributed by atoms with E-state index in [2.05, 4.69) is 43.9 Å². The van der Waals surface area contributed by atoms with Crippen LogP contribution in [-0.4, -0.2) is 139 Å². The summed E-state index contributed by atoms with van der Waals surface area (Å²) in [5, 5.41) is 17.4. The highest BCUT2D eigenvalue weighted by atomic mass is 16.5. The third-order valence-electron chi connectivity index (χ3n) is 7.54. The third-order valence-corrected chi connectivity index (χ3v) is 7.54. The van der Waals surface area contributed by atoms with E-state index in [0.717, 1.165) is 78.7 Å². The zero-order valence-electron chi connectivity index (χ0n) is 25.3. The molecule has 2 saturated heterocycles. The Kier molecular flexibility index (Phi) is 18.3. The molecule has 0 unspecified atom stereocenters. The molecule has 2 fully saturated rings. The zero-order valence-corrected chi connectivity index (χ0v) is 25.3. The lowest BCUT2D eigenvalue weighted by atomic mass is 10.2. The average molecular weight is 603 g/mol. The first-order chi connectivity index (χ1) is 20.5. The Morgan fingerprint density at radius 2 is 0.837 bits per heavy atom. The summed E-state index contributed by atoms with van der Waals surface area (Å²) >= 11 is 0. The first-order valence-corrected chi connectivity index (χ1v) is 15.0. The fourth-order valence-corrected chi connectivity index (χ4v) is 4.90. The summed E-state index contributed by atoms with van der Waals surface area (Å²) in [6, 6.07) is 20.4. The molecule has 0 aliphatic carbocycles. The molecule has 0 spiro atoms. The van der Waals surface area contributed by atoms with Gasteiger partial charge in [0, 0.05) is 78.5 Å². The van der Waals surface area contributed by atoms with Gasteiger partial charge in [-0.2, -0.15) is 0 Å². The summed E-state index contributed by atoms with van der Waals surface area (Å²) in [6.07, 6.45) is 0.473. The molecule has 2 aliphatic heterocycles. The minimum absolute atomic E-state index is 0. The van der Waals surface area contributed by atoms with Crippen molar-refractivity contribution >= 4 is 11.9 Å². The largest absolute Gasteiger partial charge is 0.481 e. The van der Waals surface area contributed by atoms with E-state index < -0.39 is 11.9 Å². The van der Waals surface area contributed by atoms with Crippen LogP contribution in [0.4, 0.5) is 0 Å². The Morgan fingerprint density at radius 3 is 1.14 bits per heavy atom. The average Bonchev–Trinajstić information content (AvgIpc) is 3.02. The summed E-state index contributed by atoms with van der Waals surface area (Å²) in [7, 11) is 0. The lowest BCUT2D eigenvalue weighted by molar-refractivity contribution is -0.138. The number of benzene rings is 2. The Bertz CT molecular complexity index is 918. The molecule has 2 aromatic carbocycles. The molecule has 4 rings (SSSR count). The molecule has 0 atom stereocenters. The third kappa shape index (κ3) is 16.5. The van der Waals surface area contributed by atoms with Crippen LogP contribution >= 0.6 is 0 Å². The number of hydrogen-bond donors (Lipinski definition) is 2. The smallest absolute Gasteiger partial charge is 0.304 e. The van der Waals surface area contributed by atoms with Crippen molar-refractivity contribution in [2.75, 3.05) is 91.8 Å². The van der Waals surface area contributed by atoms with E-state index >= 15 is 0 Å². The van der Waals surface area contributed by atoms with Gasteiger partial charge in [0.15, 0.2) is 0 Å². The minimum atomic E-state index is -0.716. The lowest BCUT2D eigenvalue weighted by Crippen LogP contribution is -2.47. The predicted molar refractivity (Wildman–Crippen MR) is 166 cm³/mol. The summed E-state index contributed by atoms with van der Waals surface area (Å²) in [6.45, 7) is 13.8. The van der Waals surface area contributed by atoms with Gasteiger partial charge in [-0.3, -0.25) is 19.4 Å². The molecule has 4 N–H and O–H groups in total. The van der Waals surface area contributed by atoms with Crippen LogP contribution in [0.3, 0.4) is 0 Å². The second-order valence-electron chi connectivity index (χ2n) is 10.7. The van der Waals surface area contributed by atoms with E-state index in [0.29, 0.717) is 26.3 Å². The van der Waals surface area contributed by atoms with E-state index in [-0.39, 0.29) is 18.3 Å². The van der Waals surface area contributed by atoms with Crippen molar-refractivity contribution in [1.29, 1.82) is 0 Å². The lowest BCUT2D eigenvalue weighted by Gasteiger charge is -2.34. The molecular formula is C32H50N4O7. The number of carbonyl (C=O) groups is 2. The van der Waals surface area contributed by atoms with Crippen LogP contribution in [0.2, 0.25) is 0 Å². The SMILES string of the molecule is O.O=C(O)CCN1CCN(CCOCc2ccccc2)CC1.O=C(O)CCN1CCN(CCOCc2ccccc2)CC1. The van der Waals surface area contributed by atoms with Crippen molar-refractivity contribution in [3.05, 3.63) is 71.8 Å². The van der Waals surface area contributed by atoms with Gasteiger partial charge in [-0.1, -0.05) is 60.7 Å². The van der Waals surface area contributed by atoms with Crippen LogP contribution in [0.1, 0.15) is 24.0 Å². The summed E-state index contributed by atoms with van der Waals surface area (Å²) in [4.78, 5) is 30.3. The second-order valence-corrected chi connectivity index (χ2v) is 10.7. The van der Waals surface area contributed by atoms with Crippen LogP contribution < -0.4 is 0 Å². The summed E-state index contributed by atoms with van der Waals surface area (Å²) in [5.41, 5.74) is 2.41. The van der Waals surface area contributed by atoms with Crippen LogP contribution in [0.15, 0.2) is 60.7 Å². The minimum Gasteiger partial charge on any atom is -0.481 e. The first-order valence-electron chi connectivity index (χ1n) is 15.0. The van der Waals surface area contributed by atoms with Crippen molar-refractivity contribution in [1.82, 2.24) is 19.6 Å². The Balaban J connectivity index is 0.000000293. The maximum absolute atomic E-state index is 10.5. The monoisotopic (exact) mass is 602 g/mol. The quantitative estimate of drug-likeness (QED) is 0.274. The molecule has 0 aromatic heterocycles. The van der Waals surface area contributed by atoms with Crippen molar-refractivity contribution in [3.8, 4) is 0 Å². The normalized spacial score (nSPS) is 16.6. The highest BCUT2D eigenvalue weighted by Gasteiger charge is 2.18. The number of carboxylic acids is 2. The molecular weight excluding hydrogens is 552 g/mol. The molecule has 0 bridgehead atoms. The molecule has 43 heavy (non-hydrogen) atoms. The van der Waals surface area contributed by atoms with E-state index in [4.69, 9.17) is 19.7 Å². The van der Waals surface area contributed by atoms with Gasteiger partial charge < -0.3 is 35.0 Å². The first kappa shape index (κ1) is 36.3. The number of hydrogen-bond acceptors (Lipinski definition) is 8. The van der Waals surface area contributed by atoms with Gasteiger partial charge >= 0.3 is 11.9 Å². The summed E-state index contributed by atoms with van der Waals surface area (Å²) in [5.74, 6) is -1.43. The molecule has 0 saturated carbocycles. The number of nitrogens with zero attached hydrogens (tertiary/aromatic N) is 4. The van der Waals surface area contributed by atoms with Gasteiger partial charge in [0.2, 0.25) is 0 Å². The Labute approximate surface area is 255 Å². The number of ether oxygens (including phenoxy) is 2. The van der Waals surface area contributed by atoms with E-state index in [1.54, 1.807) is 0 Å². The molecule has 11 nitrogen and oxygen atoms in total. The maximum Gasteiger partial charge on any atom is 0.304 e. The molecule has 240 valence electrons. The van der Waals surface area contributed by atoms with Gasteiger partial charge in [0.1, 0.15) is 0 Å². The maximum atomic E-state index is 10.5. The van der Waals surface area contributed by atoms with Gasteiger partial charge in [-0.25, -0.2) is 0 Å². The van der Waals surface area contributed by atoms with E-state index in [1.165, 1.54) is 11.1 Å². The molecule has 2 aliphatic rings. The fourth-order valence-electron chi connectivity index (χ4n) is 4.90. The molecule has 0 amide bonds. The van der Waals surface area contributed by atoms with Crippen LogP contribution in [0.25, 0.3) is 0 Å². The fraction of sp³-hybridized carbons (Fsp3) is 0.562. The number of aliphatic carboxylic acids is 2. The van der Waals surface area contributed by atoms with Gasteiger partial charge in [-0.15, -0.1) is 0 Å². The van der Waals surface area contributed by atoms with Crippen LogP contribution in [-0.2, 0) is 32.3 Å². The van der Waals surface area contributed by atoms with Gasteiger partial charge in [0.05, 0.1) is 39.3 Å². The van der Waals surface area contributed by atoms with Crippen molar-refractivity contribution in [2.24, 2.45) is 0 Å². The van der Waals surface area contributed by atoms with Gasteiger partial charge in [0.25, 0.3) is 0 Å². The molecule has 0 radical (unpaired) electrons. The molecule has 2 heterocycles. The number of piperazine rings is 2. The van der Waals surface area contributed by atoms with E-state index in [9.17, 15) is 9.59 Å². The van der Waals surface area contributed by atoms with Crippen molar-refractivity contribution < 1.29 is 34.8 Å². The predicted octanol–water partition coefficient (Wildman–Crippen LogP) is 1.77. The number of carboxylic acid groups (broad SMARTS) is 2.